The van der Waals surface area contributed by atoms with Crippen LogP contribution in [0.2, 0.25) is 0 Å². The van der Waals surface area contributed by atoms with Gasteiger partial charge >= 0.3 is 5.97 Å². The van der Waals surface area contributed by atoms with E-state index >= 15 is 0 Å². The van der Waals surface area contributed by atoms with E-state index in [0.29, 0.717) is 19.4 Å². The Morgan fingerprint density at radius 2 is 1.85 bits per heavy atom. The summed E-state index contributed by atoms with van der Waals surface area (Å²) in [7, 11) is 0. The maximum atomic E-state index is 14.2. The molecule has 3 rings (SSSR count). The molecule has 0 aromatic carbocycles. The van der Waals surface area contributed by atoms with Crippen LogP contribution in [0.4, 0.5) is 0 Å². The first-order valence-electron chi connectivity index (χ1n) is 14.3. The number of hydrogen-bond donors (Lipinski definition) is 6. The molecule has 9 N–H and O–H groups in total. The number of carbonyl (C=O) groups is 4. The molecule has 40 heavy (non-hydrogen) atoms. The van der Waals surface area contributed by atoms with Crippen molar-refractivity contribution in [2.75, 3.05) is 26.3 Å². The number of carboxylic acid groups (broad SMARTS) is 1. The van der Waals surface area contributed by atoms with E-state index in [-0.39, 0.29) is 55.9 Å². The SMILES string of the molecule is CCCO[C@H]1C[C@H](C(=O)N2C3CCCCC3C[C@H]2C(=O)N[C@@H](CCCN=C(N)N)C(=O)O)N(C(=O)[C@@H](N)CO)C1. The molecule has 1 saturated carbocycles. The number of nitrogens with zero attached hydrogens (tertiary/aromatic N) is 3. The van der Waals surface area contributed by atoms with Gasteiger partial charge in [-0.1, -0.05) is 19.8 Å². The highest BCUT2D eigenvalue weighted by atomic mass is 16.5. The summed E-state index contributed by atoms with van der Waals surface area (Å²) in [5, 5.41) is 21.8. The molecule has 2 heterocycles. The molecule has 2 aliphatic heterocycles. The lowest BCUT2D eigenvalue weighted by molar-refractivity contribution is -0.150. The Bertz CT molecular complexity index is 944. The summed E-state index contributed by atoms with van der Waals surface area (Å²) in [6.45, 7) is 2.26. The summed E-state index contributed by atoms with van der Waals surface area (Å²) in [6.07, 6.45) is 5.04. The molecule has 2 unspecified atom stereocenters. The number of guanidine groups is 1. The van der Waals surface area contributed by atoms with Crippen molar-refractivity contribution in [3.05, 3.63) is 0 Å². The summed E-state index contributed by atoms with van der Waals surface area (Å²) in [5.74, 6) is -2.62. The molecule has 3 aliphatic rings. The van der Waals surface area contributed by atoms with E-state index in [1.807, 2.05) is 6.92 Å². The quantitative estimate of drug-likeness (QED) is 0.0856. The van der Waals surface area contributed by atoms with Crippen LogP contribution < -0.4 is 22.5 Å². The molecule has 2 saturated heterocycles. The number of aliphatic hydroxyl groups excluding tert-OH is 1. The number of carbonyl (C=O) groups excluding carboxylic acids is 3. The second-order valence-electron chi connectivity index (χ2n) is 11.0. The number of likely N-dealkylation sites (tertiary alicyclic amines) is 2. The average Bonchev–Trinajstić information content (AvgIpc) is 3.54. The zero-order valence-corrected chi connectivity index (χ0v) is 23.2. The van der Waals surface area contributed by atoms with Gasteiger partial charge in [0.1, 0.15) is 24.2 Å². The van der Waals surface area contributed by atoms with Crippen molar-refractivity contribution in [1.82, 2.24) is 15.1 Å². The molecule has 3 amide bonds. The number of amides is 3. The number of aliphatic imine (C=N–C) groups is 1. The topological polar surface area (TPSA) is 227 Å². The molecule has 14 nitrogen and oxygen atoms in total. The maximum absolute atomic E-state index is 14.2. The predicted octanol–water partition coefficient (Wildman–Crippen LogP) is -1.52. The molecule has 0 spiro atoms. The predicted molar refractivity (Wildman–Crippen MR) is 146 cm³/mol. The van der Waals surface area contributed by atoms with Gasteiger partial charge in [-0.05, 0) is 44.4 Å². The van der Waals surface area contributed by atoms with Crippen molar-refractivity contribution in [3.63, 3.8) is 0 Å². The van der Waals surface area contributed by atoms with Crippen LogP contribution in [0.5, 0.6) is 0 Å². The molecular weight excluding hydrogens is 522 g/mol. The minimum atomic E-state index is -1.19. The molecule has 0 aromatic rings. The van der Waals surface area contributed by atoms with E-state index in [2.05, 4.69) is 10.3 Å². The fraction of sp³-hybridized carbons (Fsp3) is 0.808. The third-order valence-corrected chi connectivity index (χ3v) is 8.11. The first kappa shape index (κ1) is 31.6. The van der Waals surface area contributed by atoms with Gasteiger partial charge in [0, 0.05) is 32.2 Å². The van der Waals surface area contributed by atoms with Gasteiger partial charge in [-0.3, -0.25) is 19.4 Å². The minimum absolute atomic E-state index is 0.0969. The Morgan fingerprint density at radius 1 is 1.12 bits per heavy atom. The van der Waals surface area contributed by atoms with Crippen LogP contribution >= 0.6 is 0 Å². The highest BCUT2D eigenvalue weighted by Gasteiger charge is 2.52. The number of hydrogen-bond acceptors (Lipinski definition) is 8. The van der Waals surface area contributed by atoms with Gasteiger partial charge < -0.3 is 47.3 Å². The van der Waals surface area contributed by atoms with Gasteiger partial charge in [0.25, 0.3) is 0 Å². The van der Waals surface area contributed by atoms with Gasteiger partial charge in [0.2, 0.25) is 17.7 Å². The Labute approximate surface area is 234 Å². The summed E-state index contributed by atoms with van der Waals surface area (Å²) in [5.41, 5.74) is 16.5. The number of ether oxygens (including phenoxy) is 1. The minimum Gasteiger partial charge on any atom is -0.480 e. The lowest BCUT2D eigenvalue weighted by atomic mass is 9.84. The number of nitrogens with two attached hydrogens (primary N) is 3. The van der Waals surface area contributed by atoms with Crippen LogP contribution in [0.3, 0.4) is 0 Å². The van der Waals surface area contributed by atoms with E-state index in [1.165, 1.54) is 4.90 Å². The van der Waals surface area contributed by atoms with Crippen molar-refractivity contribution in [1.29, 1.82) is 0 Å². The zero-order valence-electron chi connectivity index (χ0n) is 23.2. The molecule has 7 atom stereocenters. The van der Waals surface area contributed by atoms with Crippen molar-refractivity contribution in [2.45, 2.75) is 101 Å². The van der Waals surface area contributed by atoms with Crippen LogP contribution in [0.25, 0.3) is 0 Å². The fourth-order valence-electron chi connectivity index (χ4n) is 6.18. The molecule has 1 aliphatic carbocycles. The summed E-state index contributed by atoms with van der Waals surface area (Å²) < 4.78 is 5.87. The molecule has 14 heteroatoms. The molecule has 0 radical (unpaired) electrons. The summed E-state index contributed by atoms with van der Waals surface area (Å²) in [4.78, 5) is 59.5. The number of aliphatic carboxylic acids is 1. The number of carboxylic acids is 1. The van der Waals surface area contributed by atoms with E-state index < -0.39 is 48.6 Å². The molecule has 226 valence electrons. The van der Waals surface area contributed by atoms with E-state index in [0.717, 1.165) is 32.1 Å². The largest absolute Gasteiger partial charge is 0.480 e. The zero-order chi connectivity index (χ0) is 29.4. The molecular formula is C26H45N7O7. The maximum Gasteiger partial charge on any atom is 0.326 e. The number of nitrogens with one attached hydrogen (secondary N) is 1. The van der Waals surface area contributed by atoms with Gasteiger partial charge in [-0.2, -0.15) is 0 Å². The Balaban J connectivity index is 1.82. The van der Waals surface area contributed by atoms with Crippen molar-refractivity contribution < 1.29 is 34.1 Å². The van der Waals surface area contributed by atoms with Gasteiger partial charge in [0.05, 0.1) is 12.7 Å². The second-order valence-corrected chi connectivity index (χ2v) is 11.0. The number of aliphatic hydroxyl groups is 1. The van der Waals surface area contributed by atoms with Crippen molar-refractivity contribution >= 4 is 29.7 Å². The van der Waals surface area contributed by atoms with Gasteiger partial charge in [-0.25, -0.2) is 4.79 Å². The van der Waals surface area contributed by atoms with Crippen LogP contribution in [0.1, 0.15) is 64.7 Å². The first-order valence-corrected chi connectivity index (χ1v) is 14.3. The van der Waals surface area contributed by atoms with Crippen LogP contribution in [-0.4, -0.2) is 112 Å². The average molecular weight is 568 g/mol. The summed E-state index contributed by atoms with van der Waals surface area (Å²) >= 11 is 0. The van der Waals surface area contributed by atoms with Crippen LogP contribution in [-0.2, 0) is 23.9 Å². The van der Waals surface area contributed by atoms with Crippen molar-refractivity contribution in [3.8, 4) is 0 Å². The highest BCUT2D eigenvalue weighted by Crippen LogP contribution is 2.41. The van der Waals surface area contributed by atoms with Gasteiger partial charge in [0.15, 0.2) is 5.96 Å². The monoisotopic (exact) mass is 567 g/mol. The smallest absolute Gasteiger partial charge is 0.326 e. The fourth-order valence-corrected chi connectivity index (χ4v) is 6.18. The Kier molecular flexibility index (Phi) is 11.5. The molecule has 0 bridgehead atoms. The Hall–Kier alpha value is -2.97. The third-order valence-electron chi connectivity index (χ3n) is 8.11. The normalized spacial score (nSPS) is 27.5. The second kappa shape index (κ2) is 14.6. The molecule has 3 fully saturated rings. The third kappa shape index (κ3) is 7.61. The number of rotatable bonds is 13. The van der Waals surface area contributed by atoms with Gasteiger partial charge in [-0.15, -0.1) is 0 Å². The molecule has 0 aromatic heterocycles. The lowest BCUT2D eigenvalue weighted by Crippen LogP contribution is -2.58. The summed E-state index contributed by atoms with van der Waals surface area (Å²) in [6, 6.07) is -4.27. The highest BCUT2D eigenvalue weighted by molar-refractivity contribution is 5.95. The Morgan fingerprint density at radius 3 is 2.50 bits per heavy atom. The number of fused-ring (bicyclic) bond motifs is 1. The van der Waals surface area contributed by atoms with E-state index in [1.54, 1.807) is 4.90 Å². The van der Waals surface area contributed by atoms with Crippen molar-refractivity contribution in [2.24, 2.45) is 28.1 Å². The lowest BCUT2D eigenvalue weighted by Gasteiger charge is -2.37. The van der Waals surface area contributed by atoms with E-state index in [4.69, 9.17) is 21.9 Å². The first-order chi connectivity index (χ1) is 19.1. The van der Waals surface area contributed by atoms with E-state index in [9.17, 15) is 29.4 Å². The van der Waals surface area contributed by atoms with Crippen LogP contribution in [0.15, 0.2) is 4.99 Å². The standard InChI is InChI=1S/C26H45N7O7/c1-2-10-40-16-12-21(32(13-16)23(36)17(27)14-34)24(37)33-19-8-4-3-6-15(19)11-20(33)22(35)31-18(25(38)39)7-5-9-30-26(28)29/h15-21,34H,2-14,27H2,1H3,(H,31,35)(H,38,39)(H4,28,29,30)/t15?,16-,17-,18-,19?,20-,21+/m0/s1. The van der Waals surface area contributed by atoms with Crippen LogP contribution in [0, 0.1) is 5.92 Å².